The van der Waals surface area contributed by atoms with Crippen molar-refractivity contribution in [1.82, 2.24) is 0 Å². The van der Waals surface area contributed by atoms with Crippen molar-refractivity contribution >= 4 is 5.97 Å². The molecular formula is C4H12N2O3. The second-order valence-electron chi connectivity index (χ2n) is 1.13. The molecule has 0 aliphatic heterocycles. The summed E-state index contributed by atoms with van der Waals surface area (Å²) in [5.41, 5.74) is 9.27. The van der Waals surface area contributed by atoms with Crippen molar-refractivity contribution in [1.29, 1.82) is 0 Å². The lowest BCUT2D eigenvalue weighted by atomic mass is 10.3. The van der Waals surface area contributed by atoms with Gasteiger partial charge in [-0.2, -0.15) is 0 Å². The summed E-state index contributed by atoms with van der Waals surface area (Å²) in [6.07, 6.45) is 0. The van der Waals surface area contributed by atoms with Crippen molar-refractivity contribution in [3.05, 3.63) is 0 Å². The van der Waals surface area contributed by atoms with Gasteiger partial charge in [0.15, 0.2) is 0 Å². The predicted molar refractivity (Wildman–Crippen MR) is 32.8 cm³/mol. The van der Waals surface area contributed by atoms with Crippen molar-refractivity contribution in [2.45, 2.75) is 6.04 Å². The number of aliphatic carboxylic acids is 1. The van der Waals surface area contributed by atoms with Crippen LogP contribution in [-0.2, 0) is 4.79 Å². The zero-order chi connectivity index (χ0) is 7.86. The summed E-state index contributed by atoms with van der Waals surface area (Å²) >= 11 is 0. The maximum atomic E-state index is 9.65. The number of hydrogen-bond donors (Lipinski definition) is 4. The van der Waals surface area contributed by atoms with E-state index >= 15 is 0 Å². The predicted octanol–water partition coefficient (Wildman–Crippen LogP) is -2.03. The first-order valence-electron chi connectivity index (χ1n) is 2.35. The Balaban J connectivity index is 0. The Hall–Kier alpha value is -0.650. The molecule has 0 aliphatic rings. The molecule has 0 aromatic heterocycles. The zero-order valence-electron chi connectivity index (χ0n) is 5.24. The molecule has 56 valence electrons. The van der Waals surface area contributed by atoms with E-state index in [0.29, 0.717) is 0 Å². The second kappa shape index (κ2) is 7.35. The molecule has 0 unspecified atom stereocenters. The average molecular weight is 136 g/mol. The van der Waals surface area contributed by atoms with Crippen LogP contribution >= 0.6 is 0 Å². The standard InChI is InChI=1S/C3H7NO3.CH5N/c4-2(1-5)3(6)7;1-2/h2,5H,1,4H2,(H,6,7);2H2,1H3/t2-;/m1./s1. The molecule has 0 rings (SSSR count). The summed E-state index contributed by atoms with van der Waals surface area (Å²) in [7, 11) is 1.50. The monoisotopic (exact) mass is 136 g/mol. The van der Waals surface area contributed by atoms with Gasteiger partial charge in [0.1, 0.15) is 6.04 Å². The highest BCUT2D eigenvalue weighted by Gasteiger charge is 2.06. The van der Waals surface area contributed by atoms with Crippen LogP contribution in [0.4, 0.5) is 0 Å². The topological polar surface area (TPSA) is 110 Å². The van der Waals surface area contributed by atoms with E-state index in [2.05, 4.69) is 5.73 Å². The van der Waals surface area contributed by atoms with E-state index in [1.54, 1.807) is 0 Å². The number of rotatable bonds is 2. The number of aliphatic hydroxyl groups is 1. The number of carboxylic acids is 1. The maximum absolute atomic E-state index is 9.65. The third-order valence-corrected chi connectivity index (χ3v) is 0.514. The summed E-state index contributed by atoms with van der Waals surface area (Å²) in [6, 6.07) is -1.13. The molecule has 0 aromatic carbocycles. The lowest BCUT2D eigenvalue weighted by Crippen LogP contribution is -2.33. The van der Waals surface area contributed by atoms with E-state index in [0.717, 1.165) is 0 Å². The Bertz CT molecular complexity index is 76.2. The fourth-order valence-electron chi connectivity index (χ4n) is 0.0781. The summed E-state index contributed by atoms with van der Waals surface area (Å²) in [6.45, 7) is -0.505. The number of carbonyl (C=O) groups is 1. The van der Waals surface area contributed by atoms with Crippen LogP contribution in [0.1, 0.15) is 0 Å². The normalized spacial score (nSPS) is 11.1. The lowest BCUT2D eigenvalue weighted by Gasteiger charge is -1.96. The van der Waals surface area contributed by atoms with Gasteiger partial charge in [-0.1, -0.05) is 0 Å². The van der Waals surface area contributed by atoms with E-state index in [-0.39, 0.29) is 0 Å². The van der Waals surface area contributed by atoms with E-state index < -0.39 is 18.6 Å². The Morgan fingerprint density at radius 3 is 2.00 bits per heavy atom. The maximum Gasteiger partial charge on any atom is 0.322 e. The average Bonchev–Trinajstić information content (AvgIpc) is 1.91. The molecule has 5 nitrogen and oxygen atoms in total. The zero-order valence-corrected chi connectivity index (χ0v) is 5.24. The van der Waals surface area contributed by atoms with Crippen molar-refractivity contribution in [2.24, 2.45) is 11.5 Å². The van der Waals surface area contributed by atoms with Gasteiger partial charge in [-0.15, -0.1) is 0 Å². The second-order valence-corrected chi connectivity index (χ2v) is 1.13. The van der Waals surface area contributed by atoms with Crippen LogP contribution in [0.2, 0.25) is 0 Å². The van der Waals surface area contributed by atoms with Gasteiger partial charge in [0.25, 0.3) is 0 Å². The van der Waals surface area contributed by atoms with Crippen LogP contribution in [0.3, 0.4) is 0 Å². The molecule has 0 aliphatic carbocycles. The SMILES string of the molecule is CN.N[C@H](CO)C(=O)O. The van der Waals surface area contributed by atoms with Crippen molar-refractivity contribution in [3.8, 4) is 0 Å². The molecule has 0 aromatic rings. The first-order chi connectivity index (χ1) is 4.18. The van der Waals surface area contributed by atoms with E-state index in [9.17, 15) is 4.79 Å². The number of nitrogens with two attached hydrogens (primary N) is 2. The molecule has 6 N–H and O–H groups in total. The fraction of sp³-hybridized carbons (Fsp3) is 0.750. The van der Waals surface area contributed by atoms with Crippen molar-refractivity contribution in [2.75, 3.05) is 13.7 Å². The van der Waals surface area contributed by atoms with Crippen LogP contribution < -0.4 is 11.5 Å². The molecule has 9 heavy (non-hydrogen) atoms. The summed E-state index contributed by atoms with van der Waals surface area (Å²) < 4.78 is 0. The summed E-state index contributed by atoms with van der Waals surface area (Å²) in [5.74, 6) is -1.18. The quantitative estimate of drug-likeness (QED) is 0.350. The van der Waals surface area contributed by atoms with Gasteiger partial charge in [-0.05, 0) is 7.05 Å². The molecule has 0 saturated carbocycles. The molecule has 0 fully saturated rings. The molecular weight excluding hydrogens is 124 g/mol. The minimum absolute atomic E-state index is 0.505. The molecule has 0 spiro atoms. The number of hydrogen-bond acceptors (Lipinski definition) is 4. The molecule has 0 bridgehead atoms. The van der Waals surface area contributed by atoms with Crippen LogP contribution in [0.15, 0.2) is 0 Å². The Labute approximate surface area is 53.3 Å². The fourth-order valence-corrected chi connectivity index (χ4v) is 0.0781. The van der Waals surface area contributed by atoms with Gasteiger partial charge in [-0.25, -0.2) is 0 Å². The van der Waals surface area contributed by atoms with Crippen LogP contribution in [0.25, 0.3) is 0 Å². The van der Waals surface area contributed by atoms with Gasteiger partial charge < -0.3 is 21.7 Å². The lowest BCUT2D eigenvalue weighted by molar-refractivity contribution is -0.139. The third kappa shape index (κ3) is 7.35. The minimum atomic E-state index is -1.18. The largest absolute Gasteiger partial charge is 0.480 e. The Kier molecular flexibility index (Phi) is 9.14. The highest BCUT2D eigenvalue weighted by atomic mass is 16.4. The molecule has 0 amide bonds. The van der Waals surface area contributed by atoms with Gasteiger partial charge in [0.05, 0.1) is 6.61 Å². The first kappa shape index (κ1) is 11.2. The van der Waals surface area contributed by atoms with Crippen LogP contribution in [0, 0.1) is 0 Å². The highest BCUT2D eigenvalue weighted by Crippen LogP contribution is 1.71. The summed E-state index contributed by atoms with van der Waals surface area (Å²) in [4.78, 5) is 9.65. The van der Waals surface area contributed by atoms with E-state index in [4.69, 9.17) is 15.9 Å². The minimum Gasteiger partial charge on any atom is -0.480 e. The molecule has 0 saturated heterocycles. The van der Waals surface area contributed by atoms with Gasteiger partial charge >= 0.3 is 5.97 Å². The van der Waals surface area contributed by atoms with Crippen molar-refractivity contribution < 1.29 is 15.0 Å². The number of aliphatic hydroxyl groups excluding tert-OH is 1. The smallest absolute Gasteiger partial charge is 0.322 e. The summed E-state index contributed by atoms with van der Waals surface area (Å²) in [5, 5.41) is 15.9. The number of carboxylic acid groups (broad SMARTS) is 1. The molecule has 5 heteroatoms. The molecule has 0 radical (unpaired) electrons. The molecule has 1 atom stereocenters. The Morgan fingerprint density at radius 1 is 1.67 bits per heavy atom. The first-order valence-corrected chi connectivity index (χ1v) is 2.35. The molecule has 0 heterocycles. The van der Waals surface area contributed by atoms with Crippen LogP contribution in [0.5, 0.6) is 0 Å². The Morgan fingerprint density at radius 2 is 2.00 bits per heavy atom. The highest BCUT2D eigenvalue weighted by molar-refractivity contribution is 5.73. The van der Waals surface area contributed by atoms with Crippen molar-refractivity contribution in [3.63, 3.8) is 0 Å². The van der Waals surface area contributed by atoms with Gasteiger partial charge in [-0.3, -0.25) is 4.79 Å². The van der Waals surface area contributed by atoms with Gasteiger partial charge in [0.2, 0.25) is 0 Å². The van der Waals surface area contributed by atoms with Gasteiger partial charge in [0, 0.05) is 0 Å². The van der Waals surface area contributed by atoms with Crippen LogP contribution in [-0.4, -0.2) is 35.9 Å². The van der Waals surface area contributed by atoms with E-state index in [1.807, 2.05) is 0 Å². The van der Waals surface area contributed by atoms with E-state index in [1.165, 1.54) is 7.05 Å². The third-order valence-electron chi connectivity index (χ3n) is 0.514.